The van der Waals surface area contributed by atoms with Crippen molar-refractivity contribution in [2.75, 3.05) is 0 Å². The Bertz CT molecular complexity index is 857. The van der Waals surface area contributed by atoms with Gasteiger partial charge in [0.15, 0.2) is 5.78 Å². The van der Waals surface area contributed by atoms with Crippen molar-refractivity contribution in [3.8, 4) is 0 Å². The Morgan fingerprint density at radius 3 is 2.24 bits per heavy atom. The minimum absolute atomic E-state index is 0.0382. The summed E-state index contributed by atoms with van der Waals surface area (Å²) in [6, 6.07) is 20.4. The quantitative estimate of drug-likeness (QED) is 0.728. The van der Waals surface area contributed by atoms with Crippen molar-refractivity contribution < 1.29 is 9.53 Å². The second-order valence-corrected chi connectivity index (χ2v) is 7.67. The number of benzene rings is 2. The third kappa shape index (κ3) is 3.05. The first-order chi connectivity index (χ1) is 12.0. The fourth-order valence-corrected chi connectivity index (χ4v) is 3.80. The van der Waals surface area contributed by atoms with Gasteiger partial charge in [-0.1, -0.05) is 74.5 Å². The van der Waals surface area contributed by atoms with Crippen LogP contribution in [0.25, 0.3) is 5.76 Å². The molecule has 1 aliphatic heterocycles. The van der Waals surface area contributed by atoms with Crippen molar-refractivity contribution >= 4 is 11.5 Å². The molecular formula is C23H22O2. The molecule has 0 N–H and O–H groups in total. The SMILES string of the molecule is CC1(C)CC(=O)C2=C(C1)OC(c1ccccc1)=CC2c1ccccc1. The Morgan fingerprint density at radius 2 is 1.56 bits per heavy atom. The molecule has 2 aromatic carbocycles. The number of ether oxygens (including phenoxy) is 1. The summed E-state index contributed by atoms with van der Waals surface area (Å²) in [5.41, 5.74) is 2.96. The molecule has 4 rings (SSSR count). The summed E-state index contributed by atoms with van der Waals surface area (Å²) in [5.74, 6) is 1.86. The van der Waals surface area contributed by atoms with E-state index in [0.29, 0.717) is 6.42 Å². The summed E-state index contributed by atoms with van der Waals surface area (Å²) in [6.07, 6.45) is 3.47. The Hall–Kier alpha value is -2.61. The van der Waals surface area contributed by atoms with Crippen molar-refractivity contribution in [2.45, 2.75) is 32.6 Å². The van der Waals surface area contributed by atoms with Gasteiger partial charge in [0, 0.05) is 29.9 Å². The zero-order valence-corrected chi connectivity index (χ0v) is 14.7. The third-order valence-corrected chi connectivity index (χ3v) is 4.96. The lowest BCUT2D eigenvalue weighted by Gasteiger charge is -2.37. The molecule has 1 aliphatic carbocycles. The number of carbonyl (C=O) groups excluding carboxylic acids is 1. The first-order valence-electron chi connectivity index (χ1n) is 8.80. The Labute approximate surface area is 148 Å². The van der Waals surface area contributed by atoms with Crippen LogP contribution in [0.4, 0.5) is 0 Å². The zero-order valence-electron chi connectivity index (χ0n) is 14.7. The number of allylic oxidation sites excluding steroid dienone is 3. The predicted octanol–water partition coefficient (Wildman–Crippen LogP) is 5.48. The van der Waals surface area contributed by atoms with Gasteiger partial charge in [-0.25, -0.2) is 0 Å². The fraction of sp³-hybridized carbons (Fsp3) is 0.261. The topological polar surface area (TPSA) is 26.3 Å². The number of hydrogen-bond acceptors (Lipinski definition) is 2. The Balaban J connectivity index is 1.84. The van der Waals surface area contributed by atoms with Gasteiger partial charge in [0.25, 0.3) is 0 Å². The normalized spacial score (nSPS) is 22.1. The van der Waals surface area contributed by atoms with Crippen molar-refractivity contribution in [2.24, 2.45) is 5.41 Å². The van der Waals surface area contributed by atoms with Gasteiger partial charge in [0.2, 0.25) is 0 Å². The molecule has 25 heavy (non-hydrogen) atoms. The van der Waals surface area contributed by atoms with Gasteiger partial charge < -0.3 is 4.74 Å². The average Bonchev–Trinajstić information content (AvgIpc) is 2.61. The van der Waals surface area contributed by atoms with Crippen molar-refractivity contribution in [3.05, 3.63) is 89.2 Å². The van der Waals surface area contributed by atoms with Crippen molar-refractivity contribution in [1.29, 1.82) is 0 Å². The smallest absolute Gasteiger partial charge is 0.163 e. The van der Waals surface area contributed by atoms with Crippen LogP contribution in [0, 0.1) is 5.41 Å². The summed E-state index contributed by atoms with van der Waals surface area (Å²) >= 11 is 0. The molecule has 0 saturated carbocycles. The first kappa shape index (κ1) is 15.9. The van der Waals surface area contributed by atoms with Gasteiger partial charge in [0.1, 0.15) is 11.5 Å². The van der Waals surface area contributed by atoms with Gasteiger partial charge in [-0.15, -0.1) is 0 Å². The molecule has 0 bridgehead atoms. The van der Waals surface area contributed by atoms with Crippen LogP contribution in [0.2, 0.25) is 0 Å². The monoisotopic (exact) mass is 330 g/mol. The molecule has 0 fully saturated rings. The number of hydrogen-bond donors (Lipinski definition) is 0. The van der Waals surface area contributed by atoms with E-state index in [2.05, 4.69) is 44.2 Å². The highest BCUT2D eigenvalue weighted by atomic mass is 16.5. The number of ketones is 1. The highest BCUT2D eigenvalue weighted by Gasteiger charge is 2.39. The summed E-state index contributed by atoms with van der Waals surface area (Å²) in [5, 5.41) is 0. The van der Waals surface area contributed by atoms with E-state index in [1.165, 1.54) is 0 Å². The lowest BCUT2D eigenvalue weighted by molar-refractivity contribution is -0.118. The Morgan fingerprint density at radius 1 is 0.920 bits per heavy atom. The molecule has 2 aliphatic rings. The van der Waals surface area contributed by atoms with Gasteiger partial charge in [-0.2, -0.15) is 0 Å². The zero-order chi connectivity index (χ0) is 17.4. The van der Waals surface area contributed by atoms with Crippen LogP contribution in [-0.4, -0.2) is 5.78 Å². The average molecular weight is 330 g/mol. The molecule has 2 nitrogen and oxygen atoms in total. The molecule has 0 radical (unpaired) electrons. The number of rotatable bonds is 2. The van der Waals surface area contributed by atoms with Crippen molar-refractivity contribution in [1.82, 2.24) is 0 Å². The maximum absolute atomic E-state index is 12.9. The highest BCUT2D eigenvalue weighted by molar-refractivity contribution is 6.00. The van der Waals surface area contributed by atoms with E-state index in [9.17, 15) is 4.79 Å². The van der Waals surface area contributed by atoms with Gasteiger partial charge in [-0.3, -0.25) is 4.79 Å². The van der Waals surface area contributed by atoms with Crippen LogP contribution < -0.4 is 0 Å². The molecule has 0 saturated heterocycles. The van der Waals surface area contributed by atoms with E-state index in [1.54, 1.807) is 0 Å². The predicted molar refractivity (Wildman–Crippen MR) is 99.7 cm³/mol. The van der Waals surface area contributed by atoms with Crippen LogP contribution >= 0.6 is 0 Å². The van der Waals surface area contributed by atoms with Crippen LogP contribution in [0.1, 0.15) is 43.7 Å². The van der Waals surface area contributed by atoms with Crippen LogP contribution in [-0.2, 0) is 9.53 Å². The second-order valence-electron chi connectivity index (χ2n) is 7.67. The maximum Gasteiger partial charge on any atom is 0.163 e. The Kier molecular flexibility index (Phi) is 3.84. The summed E-state index contributed by atoms with van der Waals surface area (Å²) < 4.78 is 6.25. The van der Waals surface area contributed by atoms with E-state index in [0.717, 1.165) is 34.6 Å². The summed E-state index contributed by atoms with van der Waals surface area (Å²) in [7, 11) is 0. The van der Waals surface area contributed by atoms with E-state index in [1.807, 2.05) is 36.4 Å². The van der Waals surface area contributed by atoms with Crippen LogP contribution in [0.15, 0.2) is 78.1 Å². The summed E-state index contributed by atoms with van der Waals surface area (Å²) in [4.78, 5) is 12.9. The van der Waals surface area contributed by atoms with E-state index in [-0.39, 0.29) is 17.1 Å². The molecule has 1 atom stereocenters. The van der Waals surface area contributed by atoms with Crippen LogP contribution in [0.5, 0.6) is 0 Å². The number of Topliss-reactive ketones (excluding diaryl/α,β-unsaturated/α-hetero) is 1. The standard InChI is InChI=1S/C23H22O2/c1-23(2)14-19(24)22-18(16-9-5-3-6-10-16)13-20(25-21(22)15-23)17-11-7-4-8-12-17/h3-13,18H,14-15H2,1-2H3. The van der Waals surface area contributed by atoms with E-state index >= 15 is 0 Å². The largest absolute Gasteiger partial charge is 0.461 e. The van der Waals surface area contributed by atoms with Crippen LogP contribution in [0.3, 0.4) is 0 Å². The molecule has 1 heterocycles. The number of carbonyl (C=O) groups is 1. The first-order valence-corrected chi connectivity index (χ1v) is 8.80. The maximum atomic E-state index is 12.9. The van der Waals surface area contributed by atoms with E-state index < -0.39 is 0 Å². The lowest BCUT2D eigenvalue weighted by Crippen LogP contribution is -2.30. The molecule has 0 spiro atoms. The minimum atomic E-state index is -0.0592. The molecule has 126 valence electrons. The summed E-state index contributed by atoms with van der Waals surface area (Å²) in [6.45, 7) is 4.27. The minimum Gasteiger partial charge on any atom is -0.461 e. The molecule has 2 aromatic rings. The molecule has 0 aromatic heterocycles. The van der Waals surface area contributed by atoms with Gasteiger partial charge >= 0.3 is 0 Å². The molecule has 0 amide bonds. The fourth-order valence-electron chi connectivity index (χ4n) is 3.80. The molecule has 1 unspecified atom stereocenters. The highest BCUT2D eigenvalue weighted by Crippen LogP contribution is 2.47. The lowest BCUT2D eigenvalue weighted by atomic mass is 9.71. The van der Waals surface area contributed by atoms with Gasteiger partial charge in [0.05, 0.1) is 0 Å². The third-order valence-electron chi connectivity index (χ3n) is 4.96. The molecular weight excluding hydrogens is 308 g/mol. The molecule has 2 heteroatoms. The van der Waals surface area contributed by atoms with Crippen molar-refractivity contribution in [3.63, 3.8) is 0 Å². The van der Waals surface area contributed by atoms with Gasteiger partial charge in [-0.05, 0) is 17.1 Å². The van der Waals surface area contributed by atoms with E-state index in [4.69, 9.17) is 4.74 Å². The second kappa shape index (κ2) is 6.03.